The molecule has 30 heavy (non-hydrogen) atoms. The molecule has 1 aliphatic rings. The van der Waals surface area contributed by atoms with E-state index in [1.54, 1.807) is 6.07 Å². The van der Waals surface area contributed by atoms with Crippen LogP contribution in [0.25, 0.3) is 10.9 Å². The minimum atomic E-state index is -0.254. The number of carbonyl (C=O) groups is 1. The van der Waals surface area contributed by atoms with Gasteiger partial charge in [-0.2, -0.15) is 0 Å². The number of rotatable bonds is 7. The van der Waals surface area contributed by atoms with E-state index in [-0.39, 0.29) is 17.5 Å². The number of benzene rings is 2. The van der Waals surface area contributed by atoms with Gasteiger partial charge in [-0.05, 0) is 56.0 Å². The van der Waals surface area contributed by atoms with E-state index in [0.717, 1.165) is 11.1 Å². The number of aromatic amines is 1. The number of carbonyl (C=O) groups excluding carboxylic acids is 1. The zero-order chi connectivity index (χ0) is 21.3. The summed E-state index contributed by atoms with van der Waals surface area (Å²) in [5, 5.41) is 7.44. The number of halogens is 1. The summed E-state index contributed by atoms with van der Waals surface area (Å²) in [6.07, 6.45) is 2.40. The highest BCUT2D eigenvalue weighted by Crippen LogP contribution is 2.34. The van der Waals surface area contributed by atoms with E-state index in [2.05, 4.69) is 15.6 Å². The van der Waals surface area contributed by atoms with Crippen molar-refractivity contribution in [3.63, 3.8) is 0 Å². The molecule has 0 saturated heterocycles. The smallest absolute Gasteiger partial charge is 0.253 e. The van der Waals surface area contributed by atoms with Crippen molar-refractivity contribution in [2.24, 2.45) is 5.92 Å². The zero-order valence-electron chi connectivity index (χ0n) is 16.9. The highest BCUT2D eigenvalue weighted by Gasteiger charge is 2.22. The van der Waals surface area contributed by atoms with Crippen molar-refractivity contribution in [3.8, 4) is 5.75 Å². The van der Waals surface area contributed by atoms with Gasteiger partial charge in [0.05, 0.1) is 23.2 Å². The molecule has 6 nitrogen and oxygen atoms in total. The maximum absolute atomic E-state index is 12.7. The molecule has 0 bridgehead atoms. The van der Waals surface area contributed by atoms with E-state index in [9.17, 15) is 9.59 Å². The largest absolute Gasteiger partial charge is 0.492 e. The van der Waals surface area contributed by atoms with Crippen LogP contribution in [0.2, 0.25) is 5.02 Å². The molecule has 1 saturated carbocycles. The molecule has 4 rings (SSSR count). The Morgan fingerprint density at radius 2 is 2.00 bits per heavy atom. The summed E-state index contributed by atoms with van der Waals surface area (Å²) in [7, 11) is 0. The molecule has 3 aromatic rings. The van der Waals surface area contributed by atoms with Crippen molar-refractivity contribution in [2.75, 3.05) is 17.2 Å². The third-order valence-corrected chi connectivity index (χ3v) is 5.42. The fraction of sp³-hybridized carbons (Fsp3) is 0.304. The number of amides is 1. The van der Waals surface area contributed by atoms with Crippen LogP contribution in [0.1, 0.15) is 38.3 Å². The molecule has 2 aromatic carbocycles. The Kier molecular flexibility index (Phi) is 5.68. The molecule has 3 N–H and O–H groups in total. The second-order valence-corrected chi connectivity index (χ2v) is 8.21. The molecule has 7 heteroatoms. The maximum Gasteiger partial charge on any atom is 0.253 e. The first kappa shape index (κ1) is 20.3. The number of anilines is 2. The van der Waals surface area contributed by atoms with Gasteiger partial charge < -0.3 is 20.4 Å². The van der Waals surface area contributed by atoms with Crippen LogP contribution in [0.4, 0.5) is 11.4 Å². The second-order valence-electron chi connectivity index (χ2n) is 7.81. The Morgan fingerprint density at radius 3 is 2.73 bits per heavy atom. The maximum atomic E-state index is 12.7. The number of hydrogen-bond donors (Lipinski definition) is 3. The lowest BCUT2D eigenvalue weighted by Crippen LogP contribution is -2.19. The van der Waals surface area contributed by atoms with Crippen molar-refractivity contribution in [2.45, 2.75) is 32.7 Å². The van der Waals surface area contributed by atoms with Crippen LogP contribution in [-0.4, -0.2) is 17.5 Å². The number of hydrogen-bond acceptors (Lipinski definition) is 4. The van der Waals surface area contributed by atoms with E-state index in [0.29, 0.717) is 40.1 Å². The summed E-state index contributed by atoms with van der Waals surface area (Å²) < 4.78 is 5.81. The van der Waals surface area contributed by atoms with Gasteiger partial charge in [-0.25, -0.2) is 0 Å². The Balaban J connectivity index is 1.57. The average molecular weight is 426 g/mol. The van der Waals surface area contributed by atoms with E-state index >= 15 is 0 Å². The molecule has 0 aliphatic heterocycles. The third-order valence-electron chi connectivity index (χ3n) is 5.13. The number of pyridine rings is 1. The van der Waals surface area contributed by atoms with Crippen molar-refractivity contribution in [1.82, 2.24) is 4.98 Å². The highest BCUT2D eigenvalue weighted by molar-refractivity contribution is 6.32. The Bertz CT molecular complexity index is 1150. The SMILES string of the molecule is CC(=O)Nc1cccc(NC(C)c2cc3cc(Cl)c(OCC4CC4)cc3[nH]c2=O)c1. The topological polar surface area (TPSA) is 83.2 Å². The lowest BCUT2D eigenvalue weighted by Gasteiger charge is -2.17. The second kappa shape index (κ2) is 8.40. The normalized spacial score (nSPS) is 14.4. The first-order valence-electron chi connectivity index (χ1n) is 10.0. The number of ether oxygens (including phenoxy) is 1. The van der Waals surface area contributed by atoms with Crippen molar-refractivity contribution < 1.29 is 9.53 Å². The molecule has 1 aromatic heterocycles. The van der Waals surface area contributed by atoms with Crippen LogP contribution in [0, 0.1) is 5.92 Å². The number of nitrogens with one attached hydrogen (secondary N) is 3. The first-order valence-corrected chi connectivity index (χ1v) is 10.4. The number of H-pyrrole nitrogens is 1. The molecule has 1 atom stereocenters. The highest BCUT2D eigenvalue weighted by atomic mass is 35.5. The van der Waals surface area contributed by atoms with Crippen molar-refractivity contribution in [1.29, 1.82) is 0 Å². The average Bonchev–Trinajstić information content (AvgIpc) is 3.50. The van der Waals surface area contributed by atoms with Gasteiger partial charge in [-0.3, -0.25) is 9.59 Å². The minimum Gasteiger partial charge on any atom is -0.492 e. The van der Waals surface area contributed by atoms with E-state index < -0.39 is 0 Å². The van der Waals surface area contributed by atoms with E-state index in [4.69, 9.17) is 16.3 Å². The Labute approximate surface area is 179 Å². The standard InChI is InChI=1S/C23H24ClN3O3/c1-13(25-17-4-3-5-18(10-17)26-14(2)28)19-8-16-9-20(24)22(30-12-15-6-7-15)11-21(16)27-23(19)29/h3-5,8-11,13,15,25H,6-7,12H2,1-2H3,(H,26,28)(H,27,29). The molecule has 1 heterocycles. The van der Waals surface area contributed by atoms with Gasteiger partial charge in [0.25, 0.3) is 5.56 Å². The quantitative estimate of drug-likeness (QED) is 0.491. The molecule has 1 aliphatic carbocycles. The van der Waals surface area contributed by atoms with Crippen molar-refractivity contribution >= 4 is 39.8 Å². The first-order chi connectivity index (χ1) is 14.4. The predicted molar refractivity (Wildman–Crippen MR) is 121 cm³/mol. The van der Waals surface area contributed by atoms with E-state index in [1.807, 2.05) is 43.3 Å². The van der Waals surface area contributed by atoms with Crippen LogP contribution in [0.3, 0.4) is 0 Å². The lowest BCUT2D eigenvalue weighted by molar-refractivity contribution is -0.114. The summed E-state index contributed by atoms with van der Waals surface area (Å²) in [5.74, 6) is 1.08. The fourth-order valence-electron chi connectivity index (χ4n) is 3.37. The predicted octanol–water partition coefficient (Wildman–Crippen LogP) is 5.10. The molecule has 1 unspecified atom stereocenters. The van der Waals surface area contributed by atoms with Gasteiger partial charge in [0.1, 0.15) is 5.75 Å². The van der Waals surface area contributed by atoms with Crippen molar-refractivity contribution in [3.05, 3.63) is 63.4 Å². The molecule has 1 fully saturated rings. The Morgan fingerprint density at radius 1 is 1.23 bits per heavy atom. The molecule has 1 amide bonds. The molecular formula is C23H24ClN3O3. The van der Waals surface area contributed by atoms with Gasteiger partial charge in [0.15, 0.2) is 0 Å². The minimum absolute atomic E-state index is 0.136. The monoisotopic (exact) mass is 425 g/mol. The van der Waals surface area contributed by atoms with Gasteiger partial charge >= 0.3 is 0 Å². The number of fused-ring (bicyclic) bond motifs is 1. The molecule has 0 spiro atoms. The van der Waals surface area contributed by atoms with Gasteiger partial charge in [-0.15, -0.1) is 0 Å². The summed E-state index contributed by atoms with van der Waals surface area (Å²) in [6.45, 7) is 4.03. The van der Waals surface area contributed by atoms with Crippen LogP contribution < -0.4 is 20.9 Å². The van der Waals surface area contributed by atoms with Gasteiger partial charge in [-0.1, -0.05) is 17.7 Å². The molecular weight excluding hydrogens is 402 g/mol. The summed E-state index contributed by atoms with van der Waals surface area (Å²) in [6, 6.07) is 12.6. The van der Waals surface area contributed by atoms with Gasteiger partial charge in [0, 0.05) is 35.3 Å². The van der Waals surface area contributed by atoms with Crippen LogP contribution in [-0.2, 0) is 4.79 Å². The van der Waals surface area contributed by atoms with E-state index in [1.165, 1.54) is 19.8 Å². The summed E-state index contributed by atoms with van der Waals surface area (Å²) >= 11 is 6.40. The Hall–Kier alpha value is -2.99. The number of aromatic nitrogens is 1. The molecule has 156 valence electrons. The summed E-state index contributed by atoms with van der Waals surface area (Å²) in [5.41, 5.74) is 2.61. The third kappa shape index (κ3) is 4.76. The fourth-order valence-corrected chi connectivity index (χ4v) is 3.59. The zero-order valence-corrected chi connectivity index (χ0v) is 17.7. The van der Waals surface area contributed by atoms with Crippen LogP contribution >= 0.6 is 11.6 Å². The van der Waals surface area contributed by atoms with Gasteiger partial charge in [0.2, 0.25) is 5.91 Å². The van der Waals surface area contributed by atoms with Crippen LogP contribution in [0.5, 0.6) is 5.75 Å². The van der Waals surface area contributed by atoms with Crippen LogP contribution in [0.15, 0.2) is 47.3 Å². The molecule has 0 radical (unpaired) electrons. The lowest BCUT2D eigenvalue weighted by atomic mass is 10.1. The summed E-state index contributed by atoms with van der Waals surface area (Å²) in [4.78, 5) is 26.9.